The highest BCUT2D eigenvalue weighted by Gasteiger charge is 1.93. The molecule has 0 amide bonds. The summed E-state index contributed by atoms with van der Waals surface area (Å²) in [6, 6.07) is 1.30. The third kappa shape index (κ3) is 1.50. The van der Waals surface area contributed by atoms with E-state index in [1.165, 1.54) is 12.3 Å². The lowest BCUT2D eigenvalue weighted by atomic mass is 10.4. The third-order valence-corrected chi connectivity index (χ3v) is 1.53. The van der Waals surface area contributed by atoms with Gasteiger partial charge in [-0.25, -0.2) is 0 Å². The van der Waals surface area contributed by atoms with Gasteiger partial charge in [-0.1, -0.05) is 5.16 Å². The van der Waals surface area contributed by atoms with Crippen molar-refractivity contribution in [3.63, 3.8) is 0 Å². The Morgan fingerprint density at radius 2 is 2.56 bits per heavy atom. The van der Waals surface area contributed by atoms with E-state index in [0.717, 1.165) is 11.3 Å². The van der Waals surface area contributed by atoms with Gasteiger partial charge in [0.2, 0.25) is 0 Å². The van der Waals surface area contributed by atoms with Crippen LogP contribution in [0.5, 0.6) is 0 Å². The Bertz CT molecular complexity index is 220. The fourth-order valence-corrected chi connectivity index (χ4v) is 1.04. The van der Waals surface area contributed by atoms with Gasteiger partial charge in [-0.05, 0) is 6.07 Å². The van der Waals surface area contributed by atoms with Crippen LogP contribution in [-0.2, 0) is 0 Å². The largest absolute Gasteiger partial charge is 0.411 e. The van der Waals surface area contributed by atoms with E-state index >= 15 is 0 Å². The van der Waals surface area contributed by atoms with E-state index in [9.17, 15) is 4.39 Å². The van der Waals surface area contributed by atoms with Gasteiger partial charge in [0, 0.05) is 10.9 Å². The molecular formula is C5H4FNOS. The first-order chi connectivity index (χ1) is 4.33. The van der Waals surface area contributed by atoms with Crippen molar-refractivity contribution in [1.82, 2.24) is 0 Å². The van der Waals surface area contributed by atoms with Crippen LogP contribution in [0.25, 0.3) is 0 Å². The van der Waals surface area contributed by atoms with Crippen LogP contribution >= 0.6 is 11.3 Å². The van der Waals surface area contributed by atoms with Crippen LogP contribution in [0.4, 0.5) is 4.39 Å². The lowest BCUT2D eigenvalue weighted by Gasteiger charge is -1.73. The third-order valence-electron chi connectivity index (χ3n) is 0.795. The van der Waals surface area contributed by atoms with Crippen molar-refractivity contribution < 1.29 is 9.60 Å². The lowest BCUT2D eigenvalue weighted by molar-refractivity contribution is 0.322. The fourth-order valence-electron chi connectivity index (χ4n) is 0.458. The molecule has 0 bridgehead atoms. The van der Waals surface area contributed by atoms with Gasteiger partial charge >= 0.3 is 0 Å². The molecule has 0 aliphatic carbocycles. The predicted molar refractivity (Wildman–Crippen MR) is 33.7 cm³/mol. The highest BCUT2D eigenvalue weighted by molar-refractivity contribution is 7.08. The average Bonchev–Trinajstić information content (AvgIpc) is 2.17. The summed E-state index contributed by atoms with van der Waals surface area (Å²) in [6.45, 7) is 0. The predicted octanol–water partition coefficient (Wildman–Crippen LogP) is 1.70. The van der Waals surface area contributed by atoms with Gasteiger partial charge in [0.15, 0.2) is 5.13 Å². The van der Waals surface area contributed by atoms with Crippen molar-refractivity contribution in [2.24, 2.45) is 5.16 Å². The van der Waals surface area contributed by atoms with Crippen LogP contribution in [-0.4, -0.2) is 11.4 Å². The van der Waals surface area contributed by atoms with Gasteiger partial charge in [0.25, 0.3) is 0 Å². The Labute approximate surface area is 55.2 Å². The zero-order valence-electron chi connectivity index (χ0n) is 4.41. The zero-order chi connectivity index (χ0) is 6.69. The summed E-state index contributed by atoms with van der Waals surface area (Å²) in [5, 5.41) is 12.0. The summed E-state index contributed by atoms with van der Waals surface area (Å²) in [7, 11) is 0. The highest BCUT2D eigenvalue weighted by atomic mass is 32.1. The summed E-state index contributed by atoms with van der Waals surface area (Å²) in [5.74, 6) is 0. The second-order valence-corrected chi connectivity index (χ2v) is 2.29. The lowest BCUT2D eigenvalue weighted by Crippen LogP contribution is -1.71. The molecule has 0 saturated carbocycles. The molecule has 0 radical (unpaired) electrons. The van der Waals surface area contributed by atoms with Crippen molar-refractivity contribution >= 4 is 17.6 Å². The van der Waals surface area contributed by atoms with Gasteiger partial charge in [0.1, 0.15) is 0 Å². The van der Waals surface area contributed by atoms with Crippen LogP contribution in [0.2, 0.25) is 0 Å². The first-order valence-electron chi connectivity index (χ1n) is 2.24. The van der Waals surface area contributed by atoms with Gasteiger partial charge in [-0.15, -0.1) is 11.3 Å². The van der Waals surface area contributed by atoms with Gasteiger partial charge in [-0.2, -0.15) is 4.39 Å². The average molecular weight is 145 g/mol. The molecule has 0 aliphatic rings. The molecule has 48 valence electrons. The minimum absolute atomic E-state index is 0.273. The Hall–Kier alpha value is -0.900. The zero-order valence-corrected chi connectivity index (χ0v) is 5.23. The molecule has 4 heteroatoms. The number of nitrogens with zero attached hydrogens (tertiary/aromatic N) is 1. The molecule has 0 fully saturated rings. The molecule has 0 atom stereocenters. The quantitative estimate of drug-likeness (QED) is 0.364. The number of hydrogen-bond acceptors (Lipinski definition) is 3. The second-order valence-electron chi connectivity index (χ2n) is 1.43. The molecule has 1 heterocycles. The van der Waals surface area contributed by atoms with Crippen LogP contribution in [0, 0.1) is 5.13 Å². The maximum Gasteiger partial charge on any atom is 0.177 e. The molecule has 2 nitrogen and oxygen atoms in total. The molecule has 1 aromatic rings. The Kier molecular flexibility index (Phi) is 1.79. The Morgan fingerprint density at radius 3 is 3.00 bits per heavy atom. The summed E-state index contributed by atoms with van der Waals surface area (Å²) in [6.07, 6.45) is 1.18. The molecule has 1 rings (SSSR count). The summed E-state index contributed by atoms with van der Waals surface area (Å²) in [5.41, 5.74) is 0.583. The van der Waals surface area contributed by atoms with E-state index in [1.54, 1.807) is 5.38 Å². The van der Waals surface area contributed by atoms with Gasteiger partial charge in [-0.3, -0.25) is 0 Å². The monoisotopic (exact) mass is 145 g/mol. The van der Waals surface area contributed by atoms with Crippen LogP contribution in [0.3, 0.4) is 0 Å². The fraction of sp³-hybridized carbons (Fsp3) is 0. The number of rotatable bonds is 1. The van der Waals surface area contributed by atoms with E-state index in [4.69, 9.17) is 5.21 Å². The first-order valence-corrected chi connectivity index (χ1v) is 3.12. The standard InChI is InChI=1S/C5H4FNOS/c6-5-1-4(2-7-8)3-9-5/h1-3,8H. The molecule has 0 saturated heterocycles. The number of halogens is 1. The molecule has 9 heavy (non-hydrogen) atoms. The smallest absolute Gasteiger partial charge is 0.177 e. The molecule has 1 aromatic heterocycles. The van der Waals surface area contributed by atoms with Crippen molar-refractivity contribution in [2.45, 2.75) is 0 Å². The van der Waals surface area contributed by atoms with Crippen molar-refractivity contribution in [1.29, 1.82) is 0 Å². The second kappa shape index (κ2) is 2.59. The highest BCUT2D eigenvalue weighted by Crippen LogP contribution is 2.09. The number of thiophene rings is 1. The molecule has 0 unspecified atom stereocenters. The summed E-state index contributed by atoms with van der Waals surface area (Å²) in [4.78, 5) is 0. The summed E-state index contributed by atoms with van der Waals surface area (Å²) < 4.78 is 12.1. The molecule has 1 N–H and O–H groups in total. The van der Waals surface area contributed by atoms with Crippen LogP contribution < -0.4 is 0 Å². The minimum Gasteiger partial charge on any atom is -0.411 e. The van der Waals surface area contributed by atoms with Crippen molar-refractivity contribution in [3.05, 3.63) is 22.1 Å². The van der Waals surface area contributed by atoms with Crippen molar-refractivity contribution in [3.8, 4) is 0 Å². The number of hydrogen-bond donors (Lipinski definition) is 1. The first kappa shape index (κ1) is 6.22. The van der Waals surface area contributed by atoms with E-state index in [2.05, 4.69) is 5.16 Å². The summed E-state index contributed by atoms with van der Waals surface area (Å²) >= 11 is 0.975. The Morgan fingerprint density at radius 1 is 1.78 bits per heavy atom. The van der Waals surface area contributed by atoms with E-state index in [1.807, 2.05) is 0 Å². The van der Waals surface area contributed by atoms with Crippen LogP contribution in [0.1, 0.15) is 5.56 Å². The molecule has 0 aliphatic heterocycles. The topological polar surface area (TPSA) is 32.6 Å². The number of oxime groups is 1. The van der Waals surface area contributed by atoms with Gasteiger partial charge < -0.3 is 5.21 Å². The minimum atomic E-state index is -0.273. The van der Waals surface area contributed by atoms with E-state index < -0.39 is 0 Å². The Balaban J connectivity index is 2.85. The maximum atomic E-state index is 12.1. The van der Waals surface area contributed by atoms with Gasteiger partial charge in [0.05, 0.1) is 6.21 Å². The molecule has 0 aromatic carbocycles. The van der Waals surface area contributed by atoms with E-state index in [-0.39, 0.29) is 5.13 Å². The molecular weight excluding hydrogens is 141 g/mol. The SMILES string of the molecule is ON=Cc1csc(F)c1. The maximum absolute atomic E-state index is 12.1. The van der Waals surface area contributed by atoms with E-state index in [0.29, 0.717) is 5.56 Å². The van der Waals surface area contributed by atoms with Crippen LogP contribution in [0.15, 0.2) is 16.6 Å². The normalized spacial score (nSPS) is 10.8. The molecule has 0 spiro atoms. The van der Waals surface area contributed by atoms with Crippen molar-refractivity contribution in [2.75, 3.05) is 0 Å².